The number of aromatic amines is 1. The molecule has 0 unspecified atom stereocenters. The average Bonchev–Trinajstić information content (AvgIpc) is 3.04. The van der Waals surface area contributed by atoms with Gasteiger partial charge in [0, 0.05) is 23.7 Å². The number of aryl methyl sites for hydroxylation is 2. The molecule has 142 valence electrons. The lowest BCUT2D eigenvalue weighted by molar-refractivity contribution is 0.0956. The Labute approximate surface area is 153 Å². The summed E-state index contributed by atoms with van der Waals surface area (Å²) in [4.78, 5) is 26.1. The molecule has 2 N–H and O–H groups in total. The summed E-state index contributed by atoms with van der Waals surface area (Å²) in [6.07, 6.45) is 3.58. The minimum atomic E-state index is -4.13. The molecule has 1 aromatic carbocycles. The van der Waals surface area contributed by atoms with Gasteiger partial charge < -0.3 is 10.3 Å². The van der Waals surface area contributed by atoms with Crippen molar-refractivity contribution in [2.75, 3.05) is 6.54 Å². The van der Waals surface area contributed by atoms with Crippen LogP contribution >= 0.6 is 0 Å². The summed E-state index contributed by atoms with van der Waals surface area (Å²) in [6, 6.07) is 3.69. The largest absolute Gasteiger partial charge is 0.348 e. The highest BCUT2D eigenvalue weighted by molar-refractivity contribution is 7.94. The van der Waals surface area contributed by atoms with Crippen molar-refractivity contribution in [3.05, 3.63) is 74.6 Å². The second-order valence-electron chi connectivity index (χ2n) is 6.07. The topological polar surface area (TPSA) is 96.1 Å². The number of carbonyl (C=O) groups excluding carboxylic acids is 1. The number of carbonyl (C=O) groups is 1. The third-order valence-electron chi connectivity index (χ3n) is 4.19. The van der Waals surface area contributed by atoms with Gasteiger partial charge in [0.1, 0.15) is 22.1 Å². The van der Waals surface area contributed by atoms with Crippen LogP contribution in [0.3, 0.4) is 0 Å². The average molecular weight is 394 g/mol. The Kier molecular flexibility index (Phi) is 5.22. The first-order valence-corrected chi connectivity index (χ1v) is 9.72. The van der Waals surface area contributed by atoms with E-state index in [0.29, 0.717) is 6.07 Å². The highest BCUT2D eigenvalue weighted by Crippen LogP contribution is 2.19. The molecule has 1 heterocycles. The summed E-state index contributed by atoms with van der Waals surface area (Å²) in [7, 11) is -4.13. The second-order valence-corrected chi connectivity index (χ2v) is 7.87. The van der Waals surface area contributed by atoms with Gasteiger partial charge in [-0.25, -0.2) is 17.2 Å². The smallest absolute Gasteiger partial charge is 0.261 e. The van der Waals surface area contributed by atoms with E-state index in [0.717, 1.165) is 54.1 Å². The van der Waals surface area contributed by atoms with E-state index >= 15 is 0 Å². The predicted octanol–water partition coefficient (Wildman–Crippen LogP) is 1.86. The summed E-state index contributed by atoms with van der Waals surface area (Å²) in [5.41, 5.74) is 1.21. The predicted molar refractivity (Wildman–Crippen MR) is 94.1 cm³/mol. The number of hydrogen-bond donors (Lipinski definition) is 2. The van der Waals surface area contributed by atoms with Crippen LogP contribution in [0, 0.1) is 11.6 Å². The van der Waals surface area contributed by atoms with Gasteiger partial charge in [-0.05, 0) is 43.0 Å². The van der Waals surface area contributed by atoms with Crippen molar-refractivity contribution >= 4 is 15.7 Å². The molecule has 0 radical (unpaired) electrons. The minimum Gasteiger partial charge on any atom is -0.348 e. The highest BCUT2D eigenvalue weighted by atomic mass is 32.2. The van der Waals surface area contributed by atoms with Crippen LogP contribution in [-0.2, 0) is 22.7 Å². The molecule has 1 amide bonds. The van der Waals surface area contributed by atoms with Crippen LogP contribution in [0.1, 0.15) is 28.0 Å². The Balaban J connectivity index is 1.67. The minimum absolute atomic E-state index is 0.0449. The standard InChI is InChI=1S/C18H16F2N2O4S/c19-12-5-6-16(14(20)10-12)27(25,26)8-2-7-21-17(23)13-9-11-3-1-4-15(11)22-18(13)24/h2,5-6,8-10H,1,3-4,7H2,(H,21,23)(H,22,24)/b8-2+. The van der Waals surface area contributed by atoms with Gasteiger partial charge in [-0.2, -0.15) is 0 Å². The molecule has 9 heteroatoms. The molecule has 3 rings (SSSR count). The molecule has 1 aliphatic carbocycles. The van der Waals surface area contributed by atoms with Gasteiger partial charge in [0.15, 0.2) is 0 Å². The normalized spacial score (nSPS) is 13.7. The Morgan fingerprint density at radius 2 is 2.00 bits per heavy atom. The number of rotatable bonds is 5. The molecule has 0 saturated carbocycles. The maximum Gasteiger partial charge on any atom is 0.261 e. The fraction of sp³-hybridized carbons (Fsp3) is 0.222. The Morgan fingerprint density at radius 3 is 2.74 bits per heavy atom. The van der Waals surface area contributed by atoms with Gasteiger partial charge in [-0.3, -0.25) is 9.59 Å². The van der Waals surface area contributed by atoms with E-state index in [1.807, 2.05) is 0 Å². The first-order valence-electron chi connectivity index (χ1n) is 8.18. The van der Waals surface area contributed by atoms with E-state index in [9.17, 15) is 26.8 Å². The fourth-order valence-electron chi connectivity index (χ4n) is 2.88. The zero-order valence-corrected chi connectivity index (χ0v) is 14.9. The van der Waals surface area contributed by atoms with Crippen molar-refractivity contribution in [2.24, 2.45) is 0 Å². The molecule has 6 nitrogen and oxygen atoms in total. The van der Waals surface area contributed by atoms with Crippen LogP contribution in [0.4, 0.5) is 8.78 Å². The van der Waals surface area contributed by atoms with Crippen LogP contribution in [0.15, 0.2) is 45.4 Å². The quantitative estimate of drug-likeness (QED) is 0.757. The third kappa shape index (κ3) is 4.13. The number of fused-ring (bicyclic) bond motifs is 1. The number of pyridine rings is 1. The zero-order valence-electron chi connectivity index (χ0n) is 14.1. The summed E-state index contributed by atoms with van der Waals surface area (Å²) in [6.45, 7) is -0.183. The van der Waals surface area contributed by atoms with Crippen LogP contribution < -0.4 is 10.9 Å². The molecule has 2 aromatic rings. The molecule has 0 saturated heterocycles. The Hall–Kier alpha value is -2.81. The molecular formula is C18H16F2N2O4S. The maximum absolute atomic E-state index is 13.6. The lowest BCUT2D eigenvalue weighted by Crippen LogP contribution is -2.30. The summed E-state index contributed by atoms with van der Waals surface area (Å²) in [5, 5.41) is 3.13. The molecule has 0 spiro atoms. The van der Waals surface area contributed by atoms with Crippen LogP contribution in [0.2, 0.25) is 0 Å². The summed E-state index contributed by atoms with van der Waals surface area (Å²) < 4.78 is 50.6. The number of nitrogens with one attached hydrogen (secondary N) is 2. The zero-order chi connectivity index (χ0) is 19.6. The van der Waals surface area contributed by atoms with Crippen molar-refractivity contribution in [3.63, 3.8) is 0 Å². The fourth-order valence-corrected chi connectivity index (χ4v) is 3.97. The first kappa shape index (κ1) is 19.0. The monoisotopic (exact) mass is 394 g/mol. The summed E-state index contributed by atoms with van der Waals surface area (Å²) in [5.74, 6) is -2.73. The lowest BCUT2D eigenvalue weighted by atomic mass is 10.1. The van der Waals surface area contributed by atoms with E-state index < -0.39 is 37.8 Å². The van der Waals surface area contributed by atoms with E-state index in [-0.39, 0.29) is 12.1 Å². The number of benzene rings is 1. The van der Waals surface area contributed by atoms with Crippen molar-refractivity contribution in [1.29, 1.82) is 0 Å². The van der Waals surface area contributed by atoms with Crippen molar-refractivity contribution in [2.45, 2.75) is 24.2 Å². The number of aromatic nitrogens is 1. The van der Waals surface area contributed by atoms with Gasteiger partial charge in [-0.1, -0.05) is 6.08 Å². The van der Waals surface area contributed by atoms with Gasteiger partial charge >= 0.3 is 0 Å². The van der Waals surface area contributed by atoms with Crippen molar-refractivity contribution in [3.8, 4) is 0 Å². The number of sulfone groups is 1. The molecule has 1 aliphatic rings. The molecule has 0 bridgehead atoms. The summed E-state index contributed by atoms with van der Waals surface area (Å²) >= 11 is 0. The highest BCUT2D eigenvalue weighted by Gasteiger charge is 2.18. The number of hydrogen-bond acceptors (Lipinski definition) is 4. The van der Waals surface area contributed by atoms with Gasteiger partial charge in [-0.15, -0.1) is 0 Å². The molecule has 0 atom stereocenters. The van der Waals surface area contributed by atoms with Crippen LogP contribution in [0.5, 0.6) is 0 Å². The van der Waals surface area contributed by atoms with Gasteiger partial charge in [0.25, 0.3) is 11.5 Å². The van der Waals surface area contributed by atoms with E-state index in [4.69, 9.17) is 0 Å². The number of halogens is 2. The van der Waals surface area contributed by atoms with Crippen LogP contribution in [-0.4, -0.2) is 25.9 Å². The Bertz CT molecular complexity index is 1090. The van der Waals surface area contributed by atoms with Gasteiger partial charge in [0.05, 0.1) is 0 Å². The molecule has 0 aliphatic heterocycles. The third-order valence-corrected chi connectivity index (χ3v) is 5.68. The van der Waals surface area contributed by atoms with Crippen LogP contribution in [0.25, 0.3) is 0 Å². The second kappa shape index (κ2) is 7.43. The number of amides is 1. The molecular weight excluding hydrogens is 378 g/mol. The van der Waals surface area contributed by atoms with Crippen molar-refractivity contribution < 1.29 is 22.0 Å². The molecule has 1 aromatic heterocycles. The molecule has 0 fully saturated rings. The van der Waals surface area contributed by atoms with E-state index in [1.54, 1.807) is 6.07 Å². The number of H-pyrrole nitrogens is 1. The van der Waals surface area contributed by atoms with Crippen molar-refractivity contribution in [1.82, 2.24) is 10.3 Å². The lowest BCUT2D eigenvalue weighted by Gasteiger charge is -2.05. The SMILES string of the molecule is O=C(NC/C=C/S(=O)(=O)c1ccc(F)cc1F)c1cc2c([nH]c1=O)CCC2. The van der Waals surface area contributed by atoms with E-state index in [2.05, 4.69) is 10.3 Å². The molecule has 27 heavy (non-hydrogen) atoms. The maximum atomic E-state index is 13.6. The van der Waals surface area contributed by atoms with E-state index in [1.165, 1.54) is 0 Å². The van der Waals surface area contributed by atoms with Gasteiger partial charge in [0.2, 0.25) is 9.84 Å². The Morgan fingerprint density at radius 1 is 1.22 bits per heavy atom. The first-order chi connectivity index (χ1) is 12.8.